The van der Waals surface area contributed by atoms with Gasteiger partial charge in [-0.05, 0) is 30.7 Å². The molecule has 3 heterocycles. The lowest BCUT2D eigenvalue weighted by Crippen LogP contribution is -2.60. The monoisotopic (exact) mass is 402 g/mol. The third-order valence-corrected chi connectivity index (χ3v) is 5.70. The first-order chi connectivity index (χ1) is 14.7. The first-order valence-corrected chi connectivity index (χ1v) is 10.1. The number of rotatable bonds is 4. The van der Waals surface area contributed by atoms with E-state index in [1.54, 1.807) is 11.1 Å². The highest BCUT2D eigenvalue weighted by Gasteiger charge is 2.43. The Balaban J connectivity index is 1.43. The number of hydrogen-bond donors (Lipinski definition) is 1. The molecule has 2 aliphatic heterocycles. The lowest BCUT2D eigenvalue weighted by molar-refractivity contribution is -0.157. The fourth-order valence-corrected chi connectivity index (χ4v) is 4.26. The second-order valence-electron chi connectivity index (χ2n) is 7.48. The summed E-state index contributed by atoms with van der Waals surface area (Å²) in [5, 5.41) is 6.74. The summed E-state index contributed by atoms with van der Waals surface area (Å²) in [6.07, 6.45) is 2.08. The Morgan fingerprint density at radius 1 is 1.13 bits per heavy atom. The molecular formula is C23H22N4O3. The highest BCUT2D eigenvalue weighted by Crippen LogP contribution is 2.32. The highest BCUT2D eigenvalue weighted by atomic mass is 16.5. The molecule has 1 atom stereocenters. The van der Waals surface area contributed by atoms with Gasteiger partial charge in [0.05, 0.1) is 19.4 Å². The topological polar surface area (TPSA) is 78.0 Å². The average Bonchev–Trinajstić information content (AvgIpc) is 3.13. The fourth-order valence-electron chi connectivity index (χ4n) is 4.26. The minimum atomic E-state index is -0.530. The second-order valence-corrected chi connectivity index (χ2v) is 7.48. The Morgan fingerprint density at radius 2 is 1.93 bits per heavy atom. The van der Waals surface area contributed by atoms with Gasteiger partial charge >= 0.3 is 0 Å². The van der Waals surface area contributed by atoms with Crippen molar-refractivity contribution in [2.45, 2.75) is 25.9 Å². The van der Waals surface area contributed by atoms with Gasteiger partial charge in [-0.2, -0.15) is 5.10 Å². The van der Waals surface area contributed by atoms with Crippen molar-refractivity contribution in [1.82, 2.24) is 14.9 Å². The van der Waals surface area contributed by atoms with Gasteiger partial charge in [0, 0.05) is 28.6 Å². The predicted molar refractivity (Wildman–Crippen MR) is 113 cm³/mol. The number of H-pyrrole nitrogens is 1. The zero-order valence-corrected chi connectivity index (χ0v) is 16.7. The molecule has 7 heteroatoms. The summed E-state index contributed by atoms with van der Waals surface area (Å²) in [7, 11) is 0. The van der Waals surface area contributed by atoms with Gasteiger partial charge in [0.1, 0.15) is 18.3 Å². The van der Waals surface area contributed by atoms with Crippen LogP contribution in [0.25, 0.3) is 10.9 Å². The van der Waals surface area contributed by atoms with Crippen LogP contribution in [0.15, 0.2) is 53.6 Å². The molecule has 1 aromatic heterocycles. The molecule has 2 aromatic carbocycles. The zero-order chi connectivity index (χ0) is 20.7. The number of hydrazone groups is 1. The minimum Gasteiger partial charge on any atom is -0.493 e. The molecule has 1 N–H and O–H groups in total. The minimum absolute atomic E-state index is 0.0573. The molecule has 0 radical (unpaired) electrons. The Morgan fingerprint density at radius 3 is 2.80 bits per heavy atom. The number of nitrogens with one attached hydrogen (secondary N) is 1. The number of ether oxygens (including phenoxy) is 1. The van der Waals surface area contributed by atoms with Gasteiger partial charge in [-0.1, -0.05) is 30.3 Å². The summed E-state index contributed by atoms with van der Waals surface area (Å²) < 4.78 is 5.61. The molecule has 0 unspecified atom stereocenters. The van der Waals surface area contributed by atoms with E-state index in [9.17, 15) is 9.59 Å². The van der Waals surface area contributed by atoms with E-state index in [-0.39, 0.29) is 18.4 Å². The molecule has 0 aliphatic carbocycles. The molecule has 5 rings (SSSR count). The summed E-state index contributed by atoms with van der Waals surface area (Å²) in [5.74, 6) is 0.442. The van der Waals surface area contributed by atoms with Crippen molar-refractivity contribution in [1.29, 1.82) is 0 Å². The quantitative estimate of drug-likeness (QED) is 0.682. The van der Waals surface area contributed by atoms with E-state index in [1.807, 2.05) is 49.4 Å². The number of aromatic nitrogens is 1. The van der Waals surface area contributed by atoms with Gasteiger partial charge in [-0.25, -0.2) is 5.01 Å². The summed E-state index contributed by atoms with van der Waals surface area (Å²) in [6, 6.07) is 15.0. The van der Waals surface area contributed by atoms with Crippen LogP contribution in [0.5, 0.6) is 5.75 Å². The molecule has 2 aliphatic rings. The number of carbonyl (C=O) groups is 2. The summed E-state index contributed by atoms with van der Waals surface area (Å²) in [4.78, 5) is 31.1. The number of benzene rings is 2. The number of nitrogens with zero attached hydrogens (tertiary/aromatic N) is 3. The summed E-state index contributed by atoms with van der Waals surface area (Å²) in [6.45, 7) is 2.82. The van der Waals surface area contributed by atoms with Crippen LogP contribution in [-0.4, -0.2) is 52.1 Å². The van der Waals surface area contributed by atoms with E-state index in [2.05, 4.69) is 16.2 Å². The maximum absolute atomic E-state index is 13.2. The number of amides is 2. The highest BCUT2D eigenvalue weighted by molar-refractivity contribution is 5.97. The number of fused-ring (bicyclic) bond motifs is 4. The van der Waals surface area contributed by atoms with Gasteiger partial charge in [0.2, 0.25) is 5.91 Å². The molecule has 0 spiro atoms. The Labute approximate surface area is 173 Å². The van der Waals surface area contributed by atoms with E-state index in [0.29, 0.717) is 25.3 Å². The van der Waals surface area contributed by atoms with Crippen LogP contribution >= 0.6 is 0 Å². The lowest BCUT2D eigenvalue weighted by Gasteiger charge is -2.40. The maximum atomic E-state index is 13.2. The maximum Gasteiger partial charge on any atom is 0.266 e. The van der Waals surface area contributed by atoms with E-state index in [1.165, 1.54) is 5.01 Å². The summed E-state index contributed by atoms with van der Waals surface area (Å²) >= 11 is 0. The molecule has 3 aromatic rings. The van der Waals surface area contributed by atoms with Crippen molar-refractivity contribution in [3.05, 3.63) is 65.4 Å². The van der Waals surface area contributed by atoms with Crippen LogP contribution in [0.4, 0.5) is 0 Å². The van der Waals surface area contributed by atoms with E-state index in [4.69, 9.17) is 4.74 Å². The average molecular weight is 402 g/mol. The van der Waals surface area contributed by atoms with Gasteiger partial charge in [-0.15, -0.1) is 0 Å². The van der Waals surface area contributed by atoms with Crippen molar-refractivity contribution >= 4 is 28.9 Å². The Kier molecular flexibility index (Phi) is 4.50. The smallest absolute Gasteiger partial charge is 0.266 e. The largest absolute Gasteiger partial charge is 0.493 e. The fraction of sp³-hybridized carbons (Fsp3) is 0.261. The number of aromatic amines is 1. The van der Waals surface area contributed by atoms with Crippen molar-refractivity contribution in [3.63, 3.8) is 0 Å². The molecule has 0 saturated carbocycles. The molecular weight excluding hydrogens is 380 g/mol. The number of para-hydroxylation sites is 2. The van der Waals surface area contributed by atoms with Crippen molar-refractivity contribution in [2.24, 2.45) is 5.10 Å². The standard InChI is InChI=1S/C23H22N4O3/c1-2-30-21-10-6-3-7-15(21)12-24-27-14-22(28)26-13-19-17(11-20(26)23(27)29)16-8-4-5-9-18(16)25-19/h3-10,12,20,25H,2,11,13-14H2,1H3/b24-12-/t20-/m1/s1. The third-order valence-electron chi connectivity index (χ3n) is 5.70. The second kappa shape index (κ2) is 7.33. The SMILES string of the molecule is CCOc1ccccc1/C=N\N1CC(=O)N2Cc3[nH]c4ccccc4c3C[C@@H]2C1=O. The van der Waals surface area contributed by atoms with Crippen LogP contribution in [0, 0.1) is 0 Å². The van der Waals surface area contributed by atoms with Crippen LogP contribution in [0.3, 0.4) is 0 Å². The Hall–Kier alpha value is -3.61. The number of piperazine rings is 1. The number of carbonyl (C=O) groups excluding carboxylic acids is 2. The van der Waals surface area contributed by atoms with E-state index in [0.717, 1.165) is 27.7 Å². The van der Waals surface area contributed by atoms with Crippen LogP contribution in [0.1, 0.15) is 23.7 Å². The van der Waals surface area contributed by atoms with Crippen molar-refractivity contribution in [3.8, 4) is 5.75 Å². The van der Waals surface area contributed by atoms with Crippen LogP contribution < -0.4 is 4.74 Å². The number of hydrogen-bond acceptors (Lipinski definition) is 4. The van der Waals surface area contributed by atoms with Crippen molar-refractivity contribution < 1.29 is 14.3 Å². The van der Waals surface area contributed by atoms with E-state index >= 15 is 0 Å². The molecule has 2 amide bonds. The van der Waals surface area contributed by atoms with Crippen LogP contribution in [0.2, 0.25) is 0 Å². The molecule has 1 saturated heterocycles. The molecule has 30 heavy (non-hydrogen) atoms. The normalized spacial score (nSPS) is 18.8. The third kappa shape index (κ3) is 3.03. The molecule has 7 nitrogen and oxygen atoms in total. The first-order valence-electron chi connectivity index (χ1n) is 10.1. The summed E-state index contributed by atoms with van der Waals surface area (Å²) in [5.41, 5.74) is 3.92. The van der Waals surface area contributed by atoms with Gasteiger partial charge in [-0.3, -0.25) is 9.59 Å². The van der Waals surface area contributed by atoms with Crippen molar-refractivity contribution in [2.75, 3.05) is 13.2 Å². The molecule has 0 bridgehead atoms. The lowest BCUT2D eigenvalue weighted by atomic mass is 9.94. The predicted octanol–water partition coefficient (Wildman–Crippen LogP) is 2.70. The van der Waals surface area contributed by atoms with Gasteiger partial charge < -0.3 is 14.6 Å². The first kappa shape index (κ1) is 18.4. The van der Waals surface area contributed by atoms with Crippen LogP contribution in [-0.2, 0) is 22.6 Å². The van der Waals surface area contributed by atoms with Gasteiger partial charge in [0.15, 0.2) is 0 Å². The van der Waals surface area contributed by atoms with E-state index < -0.39 is 6.04 Å². The molecule has 152 valence electrons. The zero-order valence-electron chi connectivity index (χ0n) is 16.7. The Bertz CT molecular complexity index is 1170. The van der Waals surface area contributed by atoms with Gasteiger partial charge in [0.25, 0.3) is 5.91 Å². The molecule has 1 fully saturated rings.